The molecule has 0 heterocycles. The Hall–Kier alpha value is -2.26. The van der Waals surface area contributed by atoms with Gasteiger partial charge in [0.15, 0.2) is 0 Å². The summed E-state index contributed by atoms with van der Waals surface area (Å²) in [4.78, 5) is 12.9. The first-order valence-electron chi connectivity index (χ1n) is 8.42. The Labute approximate surface area is 187 Å². The highest BCUT2D eigenvalue weighted by atomic mass is 35.5. The molecule has 0 aliphatic heterocycles. The number of hydrogen-bond acceptors (Lipinski definition) is 4. The fourth-order valence-corrected chi connectivity index (χ4v) is 4.54. The largest absolute Gasteiger partial charge is 0.319 e. The number of benzene rings is 3. The summed E-state index contributed by atoms with van der Waals surface area (Å²) in [6.07, 6.45) is 1.87. The molecule has 0 unspecified atom stereocenters. The molecule has 0 aliphatic carbocycles. The van der Waals surface area contributed by atoms with E-state index in [1.54, 1.807) is 18.2 Å². The Kier molecular flexibility index (Phi) is 6.92. The van der Waals surface area contributed by atoms with E-state index in [0.29, 0.717) is 10.7 Å². The number of hydrogen-bond donors (Lipinski definition) is 2. The van der Waals surface area contributed by atoms with Gasteiger partial charge in [0.2, 0.25) is 0 Å². The number of rotatable bonds is 6. The quantitative estimate of drug-likeness (QED) is 0.426. The van der Waals surface area contributed by atoms with Gasteiger partial charge in [0, 0.05) is 15.6 Å². The fraction of sp³-hybridized carbons (Fsp3) is 0.0500. The monoisotopic (exact) mass is 484 g/mol. The first-order valence-corrected chi connectivity index (χ1v) is 11.9. The summed E-state index contributed by atoms with van der Waals surface area (Å²) >= 11 is 13.3. The molecule has 0 spiro atoms. The standard InChI is InChI=1S/C20H15Cl2FN2O3S2/c1-29-14-4-2-3-13(10-14)25-30(27,28)15-6-8-19(18(23)11-15)24-20(26)16-7-5-12(21)9-17(16)22/h2-11,25H,1H3,(H,24,26). The molecular formula is C20H15Cl2FN2O3S2. The van der Waals surface area contributed by atoms with Gasteiger partial charge in [-0.05, 0) is 60.9 Å². The summed E-state index contributed by atoms with van der Waals surface area (Å²) < 4.78 is 42.1. The van der Waals surface area contributed by atoms with E-state index in [9.17, 15) is 17.6 Å². The van der Waals surface area contributed by atoms with Gasteiger partial charge >= 0.3 is 0 Å². The molecule has 0 aromatic heterocycles. The van der Waals surface area contributed by atoms with Crippen molar-refractivity contribution in [2.75, 3.05) is 16.3 Å². The van der Waals surface area contributed by atoms with Crippen LogP contribution >= 0.6 is 35.0 Å². The minimum atomic E-state index is -4.02. The third kappa shape index (κ3) is 5.26. The first-order chi connectivity index (χ1) is 14.2. The normalized spacial score (nSPS) is 11.2. The molecule has 3 aromatic carbocycles. The minimum Gasteiger partial charge on any atom is -0.319 e. The summed E-state index contributed by atoms with van der Waals surface area (Å²) in [6, 6.07) is 14.3. The molecule has 30 heavy (non-hydrogen) atoms. The molecule has 3 rings (SSSR count). The number of amides is 1. The summed E-state index contributed by atoms with van der Waals surface area (Å²) in [5, 5.41) is 2.83. The van der Waals surface area contributed by atoms with Crippen molar-refractivity contribution in [3.63, 3.8) is 0 Å². The number of halogens is 3. The van der Waals surface area contributed by atoms with Gasteiger partial charge in [0.1, 0.15) is 5.82 Å². The Morgan fingerprint density at radius 2 is 1.80 bits per heavy atom. The number of carbonyl (C=O) groups excluding carboxylic acids is 1. The van der Waals surface area contributed by atoms with Crippen LogP contribution in [-0.4, -0.2) is 20.6 Å². The van der Waals surface area contributed by atoms with Crippen LogP contribution in [0.2, 0.25) is 10.0 Å². The van der Waals surface area contributed by atoms with Crippen molar-refractivity contribution in [2.45, 2.75) is 9.79 Å². The highest BCUT2D eigenvalue weighted by molar-refractivity contribution is 7.98. The van der Waals surface area contributed by atoms with E-state index in [-0.39, 0.29) is 21.2 Å². The van der Waals surface area contributed by atoms with E-state index in [0.717, 1.165) is 11.0 Å². The van der Waals surface area contributed by atoms with Crippen LogP contribution in [0.25, 0.3) is 0 Å². The predicted molar refractivity (Wildman–Crippen MR) is 120 cm³/mol. The van der Waals surface area contributed by atoms with Gasteiger partial charge in [-0.25, -0.2) is 12.8 Å². The maximum atomic E-state index is 14.5. The molecule has 0 saturated carbocycles. The van der Waals surface area contributed by atoms with Crippen LogP contribution in [-0.2, 0) is 10.0 Å². The van der Waals surface area contributed by atoms with Gasteiger partial charge in [0.05, 0.1) is 21.2 Å². The fourth-order valence-electron chi connectivity index (χ4n) is 2.53. The molecule has 0 saturated heterocycles. The molecule has 0 bridgehead atoms. The van der Waals surface area contributed by atoms with Gasteiger partial charge in [-0.3, -0.25) is 9.52 Å². The summed E-state index contributed by atoms with van der Waals surface area (Å²) in [7, 11) is -4.02. The SMILES string of the molecule is CSc1cccc(NS(=O)(=O)c2ccc(NC(=O)c3ccc(Cl)cc3Cl)c(F)c2)c1. The van der Waals surface area contributed by atoms with Gasteiger partial charge in [0.25, 0.3) is 15.9 Å². The molecule has 0 radical (unpaired) electrons. The molecule has 156 valence electrons. The second-order valence-electron chi connectivity index (χ2n) is 6.06. The van der Waals surface area contributed by atoms with E-state index in [2.05, 4.69) is 10.0 Å². The molecule has 1 amide bonds. The van der Waals surface area contributed by atoms with Gasteiger partial charge in [-0.2, -0.15) is 0 Å². The van der Waals surface area contributed by atoms with E-state index < -0.39 is 21.7 Å². The third-order valence-electron chi connectivity index (χ3n) is 4.00. The van der Waals surface area contributed by atoms with Crippen LogP contribution in [0.5, 0.6) is 0 Å². The molecule has 0 aliphatic rings. The Balaban J connectivity index is 1.81. The van der Waals surface area contributed by atoms with Crippen molar-refractivity contribution in [3.8, 4) is 0 Å². The average molecular weight is 485 g/mol. The molecule has 0 atom stereocenters. The molecule has 3 aromatic rings. The lowest BCUT2D eigenvalue weighted by Gasteiger charge is -2.11. The number of carbonyl (C=O) groups is 1. The molecule has 2 N–H and O–H groups in total. The van der Waals surface area contributed by atoms with Crippen LogP contribution in [0.4, 0.5) is 15.8 Å². The maximum absolute atomic E-state index is 14.5. The average Bonchev–Trinajstić information content (AvgIpc) is 2.69. The predicted octanol–water partition coefficient (Wildman–Crippen LogP) is 5.91. The van der Waals surface area contributed by atoms with Gasteiger partial charge in [-0.1, -0.05) is 29.3 Å². The van der Waals surface area contributed by atoms with E-state index in [1.165, 1.54) is 42.1 Å². The Morgan fingerprint density at radius 3 is 2.47 bits per heavy atom. The lowest BCUT2D eigenvalue weighted by molar-refractivity contribution is 0.102. The maximum Gasteiger partial charge on any atom is 0.261 e. The van der Waals surface area contributed by atoms with E-state index in [1.807, 2.05) is 12.3 Å². The van der Waals surface area contributed by atoms with E-state index >= 15 is 0 Å². The van der Waals surface area contributed by atoms with Crippen molar-refractivity contribution in [1.82, 2.24) is 0 Å². The highest BCUT2D eigenvalue weighted by Gasteiger charge is 2.19. The number of nitrogens with one attached hydrogen (secondary N) is 2. The van der Waals surface area contributed by atoms with Gasteiger partial charge < -0.3 is 5.32 Å². The Bertz CT molecular complexity index is 1220. The molecular weight excluding hydrogens is 470 g/mol. The van der Waals surface area contributed by atoms with Crippen molar-refractivity contribution < 1.29 is 17.6 Å². The third-order valence-corrected chi connectivity index (χ3v) is 6.65. The summed E-state index contributed by atoms with van der Waals surface area (Å²) in [5.41, 5.74) is 0.277. The van der Waals surface area contributed by atoms with Crippen LogP contribution in [0, 0.1) is 5.82 Å². The molecule has 5 nitrogen and oxygen atoms in total. The smallest absolute Gasteiger partial charge is 0.261 e. The Morgan fingerprint density at radius 1 is 1.03 bits per heavy atom. The van der Waals surface area contributed by atoms with Crippen LogP contribution in [0.1, 0.15) is 10.4 Å². The van der Waals surface area contributed by atoms with Crippen LogP contribution in [0.3, 0.4) is 0 Å². The van der Waals surface area contributed by atoms with Gasteiger partial charge in [-0.15, -0.1) is 11.8 Å². The van der Waals surface area contributed by atoms with Crippen molar-refractivity contribution in [2.24, 2.45) is 0 Å². The lowest BCUT2D eigenvalue weighted by Crippen LogP contribution is -2.16. The zero-order valence-corrected chi connectivity index (χ0v) is 18.6. The lowest BCUT2D eigenvalue weighted by atomic mass is 10.2. The minimum absolute atomic E-state index is 0.104. The zero-order valence-electron chi connectivity index (χ0n) is 15.4. The van der Waals surface area contributed by atoms with Crippen molar-refractivity contribution in [3.05, 3.63) is 82.1 Å². The zero-order chi connectivity index (χ0) is 21.9. The number of sulfonamides is 1. The van der Waals surface area contributed by atoms with E-state index in [4.69, 9.17) is 23.2 Å². The highest BCUT2D eigenvalue weighted by Crippen LogP contribution is 2.26. The number of thioether (sulfide) groups is 1. The van der Waals surface area contributed by atoms with Crippen molar-refractivity contribution in [1.29, 1.82) is 0 Å². The second kappa shape index (κ2) is 9.26. The number of anilines is 2. The van der Waals surface area contributed by atoms with Crippen molar-refractivity contribution >= 4 is 62.3 Å². The van der Waals surface area contributed by atoms with Crippen LogP contribution in [0.15, 0.2) is 70.5 Å². The van der Waals surface area contributed by atoms with Crippen LogP contribution < -0.4 is 10.0 Å². The molecule has 0 fully saturated rings. The first kappa shape index (κ1) is 22.4. The summed E-state index contributed by atoms with van der Waals surface area (Å²) in [6.45, 7) is 0. The topological polar surface area (TPSA) is 75.3 Å². The second-order valence-corrected chi connectivity index (χ2v) is 9.46. The molecule has 10 heteroatoms. The summed E-state index contributed by atoms with van der Waals surface area (Å²) in [5.74, 6) is -1.56.